The maximum Gasteiger partial charge on any atom is 0.164 e. The number of benzene rings is 3. The number of nitrogens with zero attached hydrogens (tertiary/aromatic N) is 1. The maximum absolute atomic E-state index is 12.2. The summed E-state index contributed by atoms with van der Waals surface area (Å²) in [6, 6.07) is 19.4. The smallest absolute Gasteiger partial charge is 0.164 e. The number of hydrogen-bond donors (Lipinski definition) is 2. The summed E-state index contributed by atoms with van der Waals surface area (Å²) in [6.45, 7) is 26.7. The van der Waals surface area contributed by atoms with Gasteiger partial charge in [-0.05, 0) is 67.1 Å². The third-order valence-electron chi connectivity index (χ3n) is 12.0. The van der Waals surface area contributed by atoms with Crippen LogP contribution in [0.3, 0.4) is 0 Å². The molecule has 3 aromatic carbocycles. The first-order chi connectivity index (χ1) is 24.5. The van der Waals surface area contributed by atoms with Crippen LogP contribution in [0.15, 0.2) is 64.2 Å². The molecule has 2 aliphatic heterocycles. The maximum atomic E-state index is 12.2. The number of carbonyl (C=O) groups is 1. The molecule has 1 radical (unpaired) electrons. The van der Waals surface area contributed by atoms with Crippen LogP contribution in [-0.2, 0) is 30.3 Å². The summed E-state index contributed by atoms with van der Waals surface area (Å²) in [5, 5.41) is 18.3. The Bertz CT molecular complexity index is 1990. The minimum atomic E-state index is -0.337. The second-order valence-electron chi connectivity index (χ2n) is 16.9. The van der Waals surface area contributed by atoms with Gasteiger partial charge in [0.05, 0.1) is 12.4 Å². The molecular formula is C46H61IrN2O2S2-. The van der Waals surface area contributed by atoms with Gasteiger partial charge in [0.2, 0.25) is 0 Å². The van der Waals surface area contributed by atoms with Gasteiger partial charge in [-0.3, -0.25) is 4.79 Å². The van der Waals surface area contributed by atoms with E-state index in [-0.39, 0.29) is 47.9 Å². The molecule has 2 atom stereocenters. The van der Waals surface area contributed by atoms with E-state index in [0.717, 1.165) is 37.0 Å². The van der Waals surface area contributed by atoms with Gasteiger partial charge in [-0.2, -0.15) is 0 Å². The standard InChI is InChI=1S/C31H33N2S2.C15H28O2.Ir/c1-17(2)13-22-18(3)34-24-11-12-25-27(26(22)24)29-30(35-25)28(32-16-33-29)20-14-19-9-7-8-10-21(19)23(15-20)31(4,5)6;1-7-14(5,8-2)12(16)11-13(17)15(6,9-3)10-4;/h7-12,15,17-18,22,33H,13,16H2,1-6H3;11,16H,7-10H2,1-6H3;/q-1;;/b;12-11-;. The van der Waals surface area contributed by atoms with Gasteiger partial charge in [-0.25, -0.2) is 0 Å². The van der Waals surface area contributed by atoms with Crippen molar-refractivity contribution in [2.45, 2.75) is 137 Å². The number of thiophene rings is 1. The summed E-state index contributed by atoms with van der Waals surface area (Å²) in [5.41, 5.74) is 5.85. The van der Waals surface area contributed by atoms with Crippen LogP contribution in [0.25, 0.3) is 20.9 Å². The van der Waals surface area contributed by atoms with Crippen molar-refractivity contribution in [3.63, 3.8) is 0 Å². The normalized spacial score (nSPS) is 17.5. The van der Waals surface area contributed by atoms with Crippen molar-refractivity contribution in [2.24, 2.45) is 21.7 Å². The number of fused-ring (bicyclic) bond motifs is 6. The molecule has 0 amide bonds. The Kier molecular flexibility index (Phi) is 14.0. The summed E-state index contributed by atoms with van der Waals surface area (Å²) in [4.78, 5) is 19.9. The van der Waals surface area contributed by atoms with Gasteiger partial charge in [0.1, 0.15) is 5.76 Å². The molecule has 289 valence electrons. The minimum absolute atomic E-state index is 0. The molecule has 1 aromatic heterocycles. The van der Waals surface area contributed by atoms with Crippen molar-refractivity contribution in [1.82, 2.24) is 0 Å². The van der Waals surface area contributed by atoms with E-state index in [4.69, 9.17) is 4.99 Å². The number of anilines is 1. The fourth-order valence-electron chi connectivity index (χ4n) is 7.48. The monoisotopic (exact) mass is 930 g/mol. The minimum Gasteiger partial charge on any atom is -0.512 e. The van der Waals surface area contributed by atoms with Crippen molar-refractivity contribution < 1.29 is 30.0 Å². The van der Waals surface area contributed by atoms with Gasteiger partial charge in [0.25, 0.3) is 0 Å². The zero-order chi connectivity index (χ0) is 38.2. The van der Waals surface area contributed by atoms with Gasteiger partial charge in [-0.15, -0.1) is 52.2 Å². The van der Waals surface area contributed by atoms with Gasteiger partial charge in [0.15, 0.2) is 5.78 Å². The molecule has 0 fully saturated rings. The summed E-state index contributed by atoms with van der Waals surface area (Å²) < 4.78 is 1.37. The molecule has 2 aliphatic rings. The van der Waals surface area contributed by atoms with Crippen molar-refractivity contribution in [2.75, 3.05) is 12.0 Å². The largest absolute Gasteiger partial charge is 0.512 e. The van der Waals surface area contributed by atoms with Crippen LogP contribution >= 0.6 is 23.1 Å². The molecule has 2 N–H and O–H groups in total. The van der Waals surface area contributed by atoms with E-state index in [0.29, 0.717) is 23.8 Å². The van der Waals surface area contributed by atoms with E-state index >= 15 is 0 Å². The molecule has 0 spiro atoms. The molecule has 0 bridgehead atoms. The fraction of sp³-hybridized carbons (Fsp3) is 0.522. The number of aliphatic hydroxyl groups is 1. The van der Waals surface area contributed by atoms with E-state index in [1.165, 1.54) is 54.4 Å². The fourth-order valence-corrected chi connectivity index (χ4v) is 10.0. The van der Waals surface area contributed by atoms with E-state index in [1.807, 2.05) is 52.9 Å². The number of aliphatic imine (C=N–C) groups is 1. The quantitative estimate of drug-likeness (QED) is 0.0945. The molecule has 4 aromatic rings. The molecule has 6 rings (SSSR count). The Balaban J connectivity index is 0.000000299. The number of nitrogens with one attached hydrogen (secondary N) is 1. The Morgan fingerprint density at radius 1 is 1.00 bits per heavy atom. The second kappa shape index (κ2) is 17.1. The Hall–Kier alpha value is -2.44. The van der Waals surface area contributed by atoms with Crippen molar-refractivity contribution in [3.8, 4) is 0 Å². The molecule has 4 nitrogen and oxygen atoms in total. The molecule has 2 unspecified atom stereocenters. The van der Waals surface area contributed by atoms with Crippen LogP contribution in [0, 0.1) is 22.8 Å². The predicted molar refractivity (Wildman–Crippen MR) is 228 cm³/mol. The zero-order valence-corrected chi connectivity index (χ0v) is 38.1. The van der Waals surface area contributed by atoms with Gasteiger partial charge >= 0.3 is 0 Å². The van der Waals surface area contributed by atoms with E-state index in [1.54, 1.807) is 5.56 Å². The average molecular weight is 930 g/mol. The number of ketones is 1. The van der Waals surface area contributed by atoms with Crippen molar-refractivity contribution >= 4 is 61.1 Å². The van der Waals surface area contributed by atoms with Gasteiger partial charge in [-0.1, -0.05) is 112 Å². The predicted octanol–water partition coefficient (Wildman–Crippen LogP) is 13.6. The topological polar surface area (TPSA) is 61.7 Å². The van der Waals surface area contributed by atoms with Crippen LogP contribution in [0.2, 0.25) is 0 Å². The molecule has 0 saturated carbocycles. The number of hydrogen-bond acceptors (Lipinski definition) is 6. The Morgan fingerprint density at radius 2 is 1.64 bits per heavy atom. The summed E-state index contributed by atoms with van der Waals surface area (Å²) in [7, 11) is 0. The Labute approximate surface area is 341 Å². The van der Waals surface area contributed by atoms with E-state index in [9.17, 15) is 9.90 Å². The van der Waals surface area contributed by atoms with Crippen molar-refractivity contribution in [1.29, 1.82) is 0 Å². The first-order valence-corrected chi connectivity index (χ1v) is 21.2. The molecular weight excluding hydrogens is 869 g/mol. The van der Waals surface area contributed by atoms with Gasteiger partial charge < -0.3 is 15.4 Å². The summed E-state index contributed by atoms with van der Waals surface area (Å²) >= 11 is 3.94. The van der Waals surface area contributed by atoms with Crippen LogP contribution in [0.5, 0.6) is 0 Å². The Morgan fingerprint density at radius 3 is 2.25 bits per heavy atom. The van der Waals surface area contributed by atoms with Crippen LogP contribution in [-0.4, -0.2) is 28.5 Å². The average Bonchev–Trinajstić information content (AvgIpc) is 3.66. The molecule has 0 aliphatic carbocycles. The number of allylic oxidation sites excluding steroid dienone is 2. The van der Waals surface area contributed by atoms with Crippen molar-refractivity contribution in [3.05, 3.63) is 81.9 Å². The van der Waals surface area contributed by atoms with Crippen LogP contribution in [0.4, 0.5) is 5.69 Å². The SMILES string of the molecule is CC(C)CC1c2c(ccc3sc4c(c23)NCN=C4c2[c-]c3ccccc3c(C(C)(C)C)c2)SC1C.CCC(C)(CC)C(=O)/C=C(\O)C(C)(CC)CC.[Ir]. The third-order valence-corrected chi connectivity index (χ3v) is 14.5. The van der Waals surface area contributed by atoms with E-state index in [2.05, 4.69) is 107 Å². The molecule has 3 heterocycles. The number of thioether (sulfide) groups is 1. The third kappa shape index (κ3) is 8.69. The summed E-state index contributed by atoms with van der Waals surface area (Å²) in [6.07, 6.45) is 5.99. The van der Waals surface area contributed by atoms with E-state index < -0.39 is 0 Å². The second-order valence-corrected chi connectivity index (χ2v) is 19.4. The summed E-state index contributed by atoms with van der Waals surface area (Å²) in [5.74, 6) is 1.57. The van der Waals surface area contributed by atoms with Crippen LogP contribution in [0.1, 0.15) is 143 Å². The number of aliphatic hydroxyl groups excluding tert-OH is 1. The number of carbonyl (C=O) groups excluding carboxylic acids is 1. The van der Waals surface area contributed by atoms with Crippen LogP contribution < -0.4 is 5.32 Å². The molecule has 7 heteroatoms. The molecule has 53 heavy (non-hydrogen) atoms. The number of rotatable bonds is 10. The molecule has 0 saturated heterocycles. The first-order valence-electron chi connectivity index (χ1n) is 19.5. The zero-order valence-electron chi connectivity index (χ0n) is 34.0. The first kappa shape index (κ1) is 43.3. The van der Waals surface area contributed by atoms with Gasteiger partial charge in [0, 0.05) is 67.8 Å².